The highest BCUT2D eigenvalue weighted by molar-refractivity contribution is 5.76. The summed E-state index contributed by atoms with van der Waals surface area (Å²) in [6.45, 7) is 13.8. The van der Waals surface area contributed by atoms with Crippen molar-refractivity contribution in [3.8, 4) is 0 Å². The molecular formula is C28H62N8. The van der Waals surface area contributed by atoms with E-state index in [0.29, 0.717) is 6.54 Å². The van der Waals surface area contributed by atoms with E-state index in [2.05, 4.69) is 40.6 Å². The molecule has 0 amide bonds. The molecule has 8 nitrogen and oxygen atoms in total. The van der Waals surface area contributed by atoms with E-state index >= 15 is 0 Å². The van der Waals surface area contributed by atoms with Crippen LogP contribution in [-0.2, 0) is 0 Å². The van der Waals surface area contributed by atoms with Crippen molar-refractivity contribution in [3.05, 3.63) is 0 Å². The summed E-state index contributed by atoms with van der Waals surface area (Å²) in [5.41, 5.74) is 22.5. The van der Waals surface area contributed by atoms with Crippen LogP contribution in [0.1, 0.15) is 117 Å². The average Bonchev–Trinajstić information content (AvgIpc) is 2.83. The predicted octanol–water partition coefficient (Wildman–Crippen LogP) is 4.42. The van der Waals surface area contributed by atoms with Crippen LogP contribution in [0, 0.1) is 0 Å². The van der Waals surface area contributed by atoms with Gasteiger partial charge >= 0.3 is 0 Å². The lowest BCUT2D eigenvalue weighted by molar-refractivity contribution is 0.228. The third kappa shape index (κ3) is 22.9. The van der Waals surface area contributed by atoms with Gasteiger partial charge < -0.3 is 32.7 Å². The molecule has 1 atom stereocenters. The molecule has 0 aliphatic carbocycles. The first-order valence-electron chi connectivity index (χ1n) is 15.0. The van der Waals surface area contributed by atoms with Gasteiger partial charge in [0.2, 0.25) is 0 Å². The quantitative estimate of drug-likeness (QED) is 0.0773. The van der Waals surface area contributed by atoms with Crippen molar-refractivity contribution in [1.82, 2.24) is 9.80 Å². The molecule has 0 bridgehead atoms. The van der Waals surface area contributed by atoms with Crippen molar-refractivity contribution in [2.45, 2.75) is 123 Å². The first kappa shape index (κ1) is 34.5. The number of hydrogen-bond acceptors (Lipinski definition) is 4. The Morgan fingerprint density at radius 2 is 0.972 bits per heavy atom. The Bertz CT molecular complexity index is 530. The second-order valence-electron chi connectivity index (χ2n) is 10.4. The van der Waals surface area contributed by atoms with Gasteiger partial charge in [0.15, 0.2) is 11.9 Å². The summed E-state index contributed by atoms with van der Waals surface area (Å²) in [6, 6.07) is -0.124. The molecule has 0 heterocycles. The fraction of sp³-hybridized carbons (Fsp3) is 0.929. The van der Waals surface area contributed by atoms with Crippen LogP contribution in [0.3, 0.4) is 0 Å². The highest BCUT2D eigenvalue weighted by Crippen LogP contribution is 2.10. The molecule has 8 heteroatoms. The van der Waals surface area contributed by atoms with Crippen molar-refractivity contribution in [2.75, 3.05) is 45.8 Å². The maximum atomic E-state index is 5.69. The summed E-state index contributed by atoms with van der Waals surface area (Å²) in [7, 11) is 0. The molecule has 0 spiro atoms. The highest BCUT2D eigenvalue weighted by Gasteiger charge is 2.14. The van der Waals surface area contributed by atoms with Crippen molar-refractivity contribution < 1.29 is 0 Å². The molecule has 1 unspecified atom stereocenters. The minimum atomic E-state index is -0.124. The van der Waals surface area contributed by atoms with Gasteiger partial charge in [0, 0.05) is 6.54 Å². The van der Waals surface area contributed by atoms with Crippen LogP contribution in [-0.4, -0.2) is 73.6 Å². The molecular weight excluding hydrogens is 448 g/mol. The fourth-order valence-corrected chi connectivity index (χ4v) is 4.71. The van der Waals surface area contributed by atoms with E-state index in [1.807, 2.05) is 0 Å². The van der Waals surface area contributed by atoms with Crippen LogP contribution in [0.15, 0.2) is 9.98 Å². The maximum absolute atomic E-state index is 5.69. The second kappa shape index (κ2) is 25.1. The van der Waals surface area contributed by atoms with Gasteiger partial charge in [-0.05, 0) is 64.8 Å². The van der Waals surface area contributed by atoms with E-state index in [-0.39, 0.29) is 18.0 Å². The smallest absolute Gasteiger partial charge is 0.186 e. The molecule has 0 aromatic heterocycles. The Morgan fingerprint density at radius 3 is 1.42 bits per heavy atom. The van der Waals surface area contributed by atoms with Gasteiger partial charge in [0.25, 0.3) is 0 Å². The highest BCUT2D eigenvalue weighted by atomic mass is 15.2. The Labute approximate surface area is 223 Å². The monoisotopic (exact) mass is 511 g/mol. The Morgan fingerprint density at radius 1 is 0.528 bits per heavy atom. The molecule has 0 saturated carbocycles. The lowest BCUT2D eigenvalue weighted by Crippen LogP contribution is -2.38. The van der Waals surface area contributed by atoms with Crippen LogP contribution in [0.25, 0.3) is 0 Å². The van der Waals surface area contributed by atoms with Crippen molar-refractivity contribution in [2.24, 2.45) is 32.9 Å². The lowest BCUT2D eigenvalue weighted by atomic mass is 10.1. The van der Waals surface area contributed by atoms with E-state index in [9.17, 15) is 0 Å². The molecule has 0 rings (SSSR count). The van der Waals surface area contributed by atoms with Crippen molar-refractivity contribution in [3.63, 3.8) is 0 Å². The zero-order valence-electron chi connectivity index (χ0n) is 24.2. The molecule has 214 valence electrons. The minimum Gasteiger partial charge on any atom is -0.370 e. The molecule has 0 aromatic rings. The summed E-state index contributed by atoms with van der Waals surface area (Å²) in [4.78, 5) is 13.8. The fourth-order valence-electron chi connectivity index (χ4n) is 4.71. The Kier molecular flexibility index (Phi) is 24.0. The summed E-state index contributed by atoms with van der Waals surface area (Å²) in [5, 5.41) is 0. The van der Waals surface area contributed by atoms with Crippen LogP contribution in [0.4, 0.5) is 0 Å². The van der Waals surface area contributed by atoms with E-state index in [4.69, 9.17) is 22.9 Å². The van der Waals surface area contributed by atoms with Gasteiger partial charge in [-0.1, -0.05) is 85.0 Å². The molecule has 8 N–H and O–H groups in total. The maximum Gasteiger partial charge on any atom is 0.186 e. The molecule has 0 aliphatic rings. The standard InChI is InChI=1S/C28H62N8/c1-4-7-9-11-13-15-20-35(19-6-3)21-17-18-23-36(22-16-14-12-10-8-5-2)25-26(34-28(31)32)24-33-27(29)30/h26H,4-25H2,1-3H3,(H4,29,30,33)(H4,31,32,34). The van der Waals surface area contributed by atoms with E-state index in [1.165, 1.54) is 116 Å². The normalized spacial score (nSPS) is 12.2. The summed E-state index contributed by atoms with van der Waals surface area (Å²) >= 11 is 0. The number of aliphatic imine (C=N–C) groups is 2. The first-order valence-corrected chi connectivity index (χ1v) is 15.0. The number of hydrogen-bond donors (Lipinski definition) is 4. The molecule has 0 radical (unpaired) electrons. The zero-order valence-corrected chi connectivity index (χ0v) is 24.2. The third-order valence-electron chi connectivity index (χ3n) is 6.68. The topological polar surface area (TPSA) is 135 Å². The first-order chi connectivity index (χ1) is 17.4. The molecule has 0 aromatic carbocycles. The summed E-state index contributed by atoms with van der Waals surface area (Å²) < 4.78 is 0. The van der Waals surface area contributed by atoms with Crippen LogP contribution in [0.2, 0.25) is 0 Å². The number of nitrogens with two attached hydrogens (primary N) is 4. The van der Waals surface area contributed by atoms with Crippen molar-refractivity contribution in [1.29, 1.82) is 0 Å². The Balaban J connectivity index is 4.68. The summed E-state index contributed by atoms with van der Waals surface area (Å²) in [5.74, 6) is 0.171. The van der Waals surface area contributed by atoms with E-state index < -0.39 is 0 Å². The number of unbranched alkanes of at least 4 members (excludes halogenated alkanes) is 11. The Hall–Kier alpha value is -1.54. The van der Waals surface area contributed by atoms with Crippen LogP contribution < -0.4 is 22.9 Å². The predicted molar refractivity (Wildman–Crippen MR) is 159 cm³/mol. The van der Waals surface area contributed by atoms with E-state index in [0.717, 1.165) is 19.6 Å². The van der Waals surface area contributed by atoms with Gasteiger partial charge in [-0.3, -0.25) is 4.99 Å². The van der Waals surface area contributed by atoms with Crippen molar-refractivity contribution >= 4 is 11.9 Å². The van der Waals surface area contributed by atoms with Gasteiger partial charge in [-0.15, -0.1) is 0 Å². The minimum absolute atomic E-state index is 0.0784. The zero-order chi connectivity index (χ0) is 26.9. The number of rotatable bonds is 26. The third-order valence-corrected chi connectivity index (χ3v) is 6.68. The van der Waals surface area contributed by atoms with Crippen LogP contribution in [0.5, 0.6) is 0 Å². The molecule has 0 fully saturated rings. The second-order valence-corrected chi connectivity index (χ2v) is 10.4. The average molecular weight is 511 g/mol. The van der Waals surface area contributed by atoms with Gasteiger partial charge in [0.1, 0.15) is 0 Å². The molecule has 0 saturated heterocycles. The number of guanidine groups is 2. The molecule has 0 aliphatic heterocycles. The SMILES string of the molecule is CCCCCCCCN(CCC)CCCCN(CCCCCCCC)CC(CN=C(N)N)N=C(N)N. The van der Waals surface area contributed by atoms with Gasteiger partial charge in [0.05, 0.1) is 12.6 Å². The lowest BCUT2D eigenvalue weighted by Gasteiger charge is -2.26. The largest absolute Gasteiger partial charge is 0.370 e. The summed E-state index contributed by atoms with van der Waals surface area (Å²) in [6.07, 6.45) is 19.6. The number of nitrogens with zero attached hydrogens (tertiary/aromatic N) is 4. The van der Waals surface area contributed by atoms with E-state index in [1.54, 1.807) is 0 Å². The van der Waals surface area contributed by atoms with Gasteiger partial charge in [-0.2, -0.15) is 0 Å². The van der Waals surface area contributed by atoms with Crippen LogP contribution >= 0.6 is 0 Å². The van der Waals surface area contributed by atoms with Gasteiger partial charge in [-0.25, -0.2) is 4.99 Å². The molecule has 36 heavy (non-hydrogen) atoms.